The summed E-state index contributed by atoms with van der Waals surface area (Å²) in [5.74, 6) is 2.14. The van der Waals surface area contributed by atoms with Gasteiger partial charge >= 0.3 is 0 Å². The molecule has 9 heteroatoms. The Kier molecular flexibility index (Phi) is 6.53. The molecule has 3 aromatic rings. The highest BCUT2D eigenvalue weighted by molar-refractivity contribution is 5.82. The molecule has 2 heterocycles. The second-order valence-electron chi connectivity index (χ2n) is 6.96. The van der Waals surface area contributed by atoms with Crippen LogP contribution in [0.2, 0.25) is 0 Å². The zero-order valence-electron chi connectivity index (χ0n) is 17.6. The molecule has 1 aliphatic rings. The minimum atomic E-state index is 0.359. The van der Waals surface area contributed by atoms with Gasteiger partial charge < -0.3 is 19.7 Å². The first-order chi connectivity index (χ1) is 15.2. The van der Waals surface area contributed by atoms with Crippen molar-refractivity contribution in [1.29, 1.82) is 0 Å². The number of anilines is 4. The van der Waals surface area contributed by atoms with Crippen LogP contribution in [0.3, 0.4) is 0 Å². The summed E-state index contributed by atoms with van der Waals surface area (Å²) in [5.41, 5.74) is 5.94. The summed E-state index contributed by atoms with van der Waals surface area (Å²) < 4.78 is 10.7. The number of nitrogens with one attached hydrogen (secondary N) is 2. The van der Waals surface area contributed by atoms with Gasteiger partial charge in [0.05, 0.1) is 26.5 Å². The van der Waals surface area contributed by atoms with Gasteiger partial charge in [0.25, 0.3) is 0 Å². The average Bonchev–Trinajstić information content (AvgIpc) is 2.81. The summed E-state index contributed by atoms with van der Waals surface area (Å²) in [6, 6.07) is 15.6. The fourth-order valence-electron chi connectivity index (χ4n) is 3.07. The Morgan fingerprint density at radius 2 is 1.74 bits per heavy atom. The molecule has 9 nitrogen and oxygen atoms in total. The van der Waals surface area contributed by atoms with Gasteiger partial charge in [0.1, 0.15) is 5.75 Å². The predicted octanol–water partition coefficient (Wildman–Crippen LogP) is 3.21. The van der Waals surface area contributed by atoms with E-state index in [0.29, 0.717) is 31.1 Å². The topological polar surface area (TPSA) is 96.8 Å². The maximum Gasteiger partial charge on any atom is 0.250 e. The minimum Gasteiger partial charge on any atom is -0.497 e. The van der Waals surface area contributed by atoms with Gasteiger partial charge in [0.2, 0.25) is 17.8 Å². The van der Waals surface area contributed by atoms with Crippen LogP contribution in [0.15, 0.2) is 53.6 Å². The number of aryl methyl sites for hydroxylation is 1. The van der Waals surface area contributed by atoms with Crippen molar-refractivity contribution in [1.82, 2.24) is 15.0 Å². The largest absolute Gasteiger partial charge is 0.497 e. The van der Waals surface area contributed by atoms with Crippen LogP contribution in [0.4, 0.5) is 23.5 Å². The third kappa shape index (κ3) is 5.46. The van der Waals surface area contributed by atoms with E-state index in [9.17, 15) is 0 Å². The number of methoxy groups -OCH3 is 1. The van der Waals surface area contributed by atoms with Crippen LogP contribution in [-0.4, -0.2) is 54.6 Å². The van der Waals surface area contributed by atoms with Gasteiger partial charge in [-0.3, -0.25) is 0 Å². The fraction of sp³-hybridized carbons (Fsp3) is 0.273. The summed E-state index contributed by atoms with van der Waals surface area (Å²) in [7, 11) is 1.64. The van der Waals surface area contributed by atoms with Crippen LogP contribution in [0.5, 0.6) is 5.75 Å². The lowest BCUT2D eigenvalue weighted by Crippen LogP contribution is -2.37. The molecule has 31 heavy (non-hydrogen) atoms. The number of hydrazone groups is 1. The lowest BCUT2D eigenvalue weighted by Gasteiger charge is -2.27. The number of ether oxygens (including phenoxy) is 2. The highest BCUT2D eigenvalue weighted by Crippen LogP contribution is 2.21. The molecule has 0 aliphatic carbocycles. The molecule has 0 radical (unpaired) electrons. The van der Waals surface area contributed by atoms with E-state index in [1.807, 2.05) is 55.5 Å². The summed E-state index contributed by atoms with van der Waals surface area (Å²) in [6.45, 7) is 4.76. The molecule has 4 rings (SSSR count). The maximum absolute atomic E-state index is 5.44. The van der Waals surface area contributed by atoms with Gasteiger partial charge in [-0.25, -0.2) is 5.43 Å². The second-order valence-corrected chi connectivity index (χ2v) is 6.96. The summed E-state index contributed by atoms with van der Waals surface area (Å²) in [6.07, 6.45) is 1.75. The van der Waals surface area contributed by atoms with Crippen molar-refractivity contribution < 1.29 is 9.47 Å². The van der Waals surface area contributed by atoms with Crippen molar-refractivity contribution in [3.8, 4) is 5.75 Å². The van der Waals surface area contributed by atoms with E-state index < -0.39 is 0 Å². The smallest absolute Gasteiger partial charge is 0.250 e. The normalized spacial score (nSPS) is 13.9. The Hall–Kier alpha value is -3.72. The molecule has 0 atom stereocenters. The molecule has 0 bridgehead atoms. The first-order valence-corrected chi connectivity index (χ1v) is 10.1. The monoisotopic (exact) mass is 419 g/mol. The number of morpholine rings is 1. The van der Waals surface area contributed by atoms with E-state index in [-0.39, 0.29) is 0 Å². The molecule has 2 N–H and O–H groups in total. The molecule has 1 aromatic heterocycles. The van der Waals surface area contributed by atoms with Gasteiger partial charge in [0, 0.05) is 18.8 Å². The molecule has 1 aliphatic heterocycles. The summed E-state index contributed by atoms with van der Waals surface area (Å²) >= 11 is 0. The van der Waals surface area contributed by atoms with Crippen LogP contribution >= 0.6 is 0 Å². The van der Waals surface area contributed by atoms with Crippen LogP contribution in [0.25, 0.3) is 0 Å². The van der Waals surface area contributed by atoms with E-state index in [1.165, 1.54) is 0 Å². The molecule has 0 saturated carbocycles. The molecule has 1 saturated heterocycles. The molecule has 1 fully saturated rings. The standard InChI is InChI=1S/C22H25N7O2/c1-16-5-3-4-6-17(16)15-23-28-21-25-20(24-18-7-9-19(30-2)10-8-18)26-22(27-21)29-11-13-31-14-12-29/h3-10,15H,11-14H2,1-2H3,(H2,24,25,26,27,28)/b23-15-. The van der Waals surface area contributed by atoms with E-state index in [2.05, 4.69) is 35.7 Å². The van der Waals surface area contributed by atoms with Crippen LogP contribution < -0.4 is 20.4 Å². The third-order valence-corrected chi connectivity index (χ3v) is 4.82. The maximum atomic E-state index is 5.44. The predicted molar refractivity (Wildman–Crippen MR) is 122 cm³/mol. The summed E-state index contributed by atoms with van der Waals surface area (Å²) in [4.78, 5) is 15.7. The first kappa shape index (κ1) is 20.5. The fourth-order valence-corrected chi connectivity index (χ4v) is 3.07. The van der Waals surface area contributed by atoms with Crippen molar-refractivity contribution in [2.24, 2.45) is 5.10 Å². The quantitative estimate of drug-likeness (QED) is 0.445. The zero-order valence-corrected chi connectivity index (χ0v) is 17.6. The van der Waals surface area contributed by atoms with E-state index in [4.69, 9.17) is 9.47 Å². The SMILES string of the molecule is COc1ccc(Nc2nc(N/N=C\c3ccccc3C)nc(N3CCOCC3)n2)cc1. The minimum absolute atomic E-state index is 0.359. The van der Waals surface area contributed by atoms with Gasteiger partial charge in [-0.05, 0) is 42.3 Å². The average molecular weight is 419 g/mol. The second kappa shape index (κ2) is 9.86. The van der Waals surface area contributed by atoms with Crippen molar-refractivity contribution in [3.05, 3.63) is 59.7 Å². The third-order valence-electron chi connectivity index (χ3n) is 4.82. The van der Waals surface area contributed by atoms with Crippen molar-refractivity contribution >= 4 is 29.7 Å². The van der Waals surface area contributed by atoms with Gasteiger partial charge in [-0.15, -0.1) is 0 Å². The van der Waals surface area contributed by atoms with Crippen LogP contribution in [0.1, 0.15) is 11.1 Å². The van der Waals surface area contributed by atoms with Gasteiger partial charge in [-0.1, -0.05) is 24.3 Å². The summed E-state index contributed by atoms with van der Waals surface area (Å²) in [5, 5.41) is 7.54. The first-order valence-electron chi connectivity index (χ1n) is 10.1. The molecular weight excluding hydrogens is 394 g/mol. The molecule has 0 unspecified atom stereocenters. The number of hydrogen-bond donors (Lipinski definition) is 2. The Labute approximate surface area is 181 Å². The Morgan fingerprint density at radius 3 is 2.48 bits per heavy atom. The number of nitrogens with zero attached hydrogens (tertiary/aromatic N) is 5. The van der Waals surface area contributed by atoms with Crippen molar-refractivity contribution in [2.45, 2.75) is 6.92 Å². The molecule has 0 amide bonds. The van der Waals surface area contributed by atoms with E-state index in [0.717, 1.165) is 35.7 Å². The van der Waals surface area contributed by atoms with Gasteiger partial charge in [0.15, 0.2) is 0 Å². The van der Waals surface area contributed by atoms with Crippen LogP contribution in [0, 0.1) is 6.92 Å². The highest BCUT2D eigenvalue weighted by Gasteiger charge is 2.16. The van der Waals surface area contributed by atoms with Crippen molar-refractivity contribution in [3.63, 3.8) is 0 Å². The van der Waals surface area contributed by atoms with Crippen molar-refractivity contribution in [2.75, 3.05) is 49.1 Å². The van der Waals surface area contributed by atoms with E-state index >= 15 is 0 Å². The Balaban J connectivity index is 1.56. The number of rotatable bonds is 7. The van der Waals surface area contributed by atoms with Crippen LogP contribution in [-0.2, 0) is 4.74 Å². The molecular formula is C22H25N7O2. The highest BCUT2D eigenvalue weighted by atomic mass is 16.5. The lowest BCUT2D eigenvalue weighted by molar-refractivity contribution is 0.122. The lowest BCUT2D eigenvalue weighted by atomic mass is 10.1. The number of hydrogen-bond acceptors (Lipinski definition) is 9. The molecule has 0 spiro atoms. The Morgan fingerprint density at radius 1 is 1.00 bits per heavy atom. The van der Waals surface area contributed by atoms with E-state index in [1.54, 1.807) is 13.3 Å². The number of benzene rings is 2. The Bertz CT molecular complexity index is 1030. The molecule has 2 aromatic carbocycles. The number of aromatic nitrogens is 3. The zero-order chi connectivity index (χ0) is 21.5. The van der Waals surface area contributed by atoms with Gasteiger partial charge in [-0.2, -0.15) is 20.1 Å². The molecule has 160 valence electrons.